The van der Waals surface area contributed by atoms with E-state index in [0.29, 0.717) is 34.1 Å². The molecule has 0 aromatic heterocycles. The fourth-order valence-electron chi connectivity index (χ4n) is 2.83. The van der Waals surface area contributed by atoms with Crippen LogP contribution in [0.4, 0.5) is 11.4 Å². The number of unbranched alkanes of at least 4 members (excludes halogenated alkanes) is 1. The number of amides is 2. The molecule has 2 aromatic rings. The van der Waals surface area contributed by atoms with Crippen molar-refractivity contribution in [3.63, 3.8) is 0 Å². The van der Waals surface area contributed by atoms with Gasteiger partial charge in [0.2, 0.25) is 15.9 Å². The summed E-state index contributed by atoms with van der Waals surface area (Å²) in [5, 5.41) is 5.86. The number of para-hydroxylation sites is 1. The zero-order chi connectivity index (χ0) is 22.3. The number of rotatable bonds is 9. The van der Waals surface area contributed by atoms with Crippen LogP contribution in [0.5, 0.6) is 0 Å². The zero-order valence-corrected chi connectivity index (χ0v) is 18.8. The van der Waals surface area contributed by atoms with Crippen molar-refractivity contribution in [3.8, 4) is 0 Å². The number of anilines is 2. The Morgan fingerprint density at radius 3 is 2.47 bits per heavy atom. The average molecular weight is 452 g/mol. The van der Waals surface area contributed by atoms with Crippen molar-refractivity contribution in [1.82, 2.24) is 5.32 Å². The summed E-state index contributed by atoms with van der Waals surface area (Å²) in [6.07, 6.45) is 2.82. The number of halogens is 1. The lowest BCUT2D eigenvalue weighted by molar-refractivity contribution is -0.114. The maximum Gasteiger partial charge on any atom is 0.253 e. The van der Waals surface area contributed by atoms with Gasteiger partial charge < -0.3 is 10.6 Å². The minimum atomic E-state index is -3.75. The largest absolute Gasteiger partial charge is 0.352 e. The second-order valence-corrected chi connectivity index (χ2v) is 9.17. The van der Waals surface area contributed by atoms with E-state index in [1.54, 1.807) is 49.4 Å². The van der Waals surface area contributed by atoms with Crippen molar-refractivity contribution >= 4 is 44.8 Å². The predicted octanol–water partition coefficient (Wildman–Crippen LogP) is 3.58. The fourth-order valence-corrected chi connectivity index (χ4v) is 3.91. The summed E-state index contributed by atoms with van der Waals surface area (Å²) in [4.78, 5) is 25.1. The van der Waals surface area contributed by atoms with Crippen LogP contribution in [0, 0.1) is 6.92 Å². The lowest BCUT2D eigenvalue weighted by Crippen LogP contribution is -2.38. The first-order valence-electron chi connectivity index (χ1n) is 9.55. The molecule has 0 saturated heterocycles. The van der Waals surface area contributed by atoms with Crippen LogP contribution >= 0.6 is 11.6 Å². The van der Waals surface area contributed by atoms with Crippen molar-refractivity contribution in [2.45, 2.75) is 26.7 Å². The number of nitrogens with one attached hydrogen (secondary N) is 2. The number of nitrogens with zero attached hydrogens (tertiary/aromatic N) is 1. The summed E-state index contributed by atoms with van der Waals surface area (Å²) in [7, 11) is -3.75. The minimum absolute atomic E-state index is 0.301. The smallest absolute Gasteiger partial charge is 0.253 e. The van der Waals surface area contributed by atoms with Crippen LogP contribution in [-0.4, -0.2) is 39.6 Å². The molecule has 162 valence electrons. The molecule has 0 fully saturated rings. The molecule has 0 aliphatic heterocycles. The second-order valence-electron chi connectivity index (χ2n) is 6.86. The van der Waals surface area contributed by atoms with Gasteiger partial charge in [-0.2, -0.15) is 0 Å². The highest BCUT2D eigenvalue weighted by Crippen LogP contribution is 2.28. The number of benzene rings is 2. The summed E-state index contributed by atoms with van der Waals surface area (Å²) < 4.78 is 25.7. The number of hydrogen-bond donors (Lipinski definition) is 2. The van der Waals surface area contributed by atoms with Gasteiger partial charge in [-0.15, -0.1) is 0 Å². The van der Waals surface area contributed by atoms with Crippen molar-refractivity contribution in [2.24, 2.45) is 0 Å². The van der Waals surface area contributed by atoms with Gasteiger partial charge in [0, 0.05) is 11.6 Å². The third kappa shape index (κ3) is 6.21. The quantitative estimate of drug-likeness (QED) is 0.569. The van der Waals surface area contributed by atoms with Gasteiger partial charge in [-0.1, -0.05) is 43.1 Å². The maximum absolute atomic E-state index is 12.7. The lowest BCUT2D eigenvalue weighted by atomic mass is 10.1. The maximum atomic E-state index is 12.7. The van der Waals surface area contributed by atoms with Crippen molar-refractivity contribution in [2.75, 3.05) is 29.0 Å². The molecule has 0 spiro atoms. The molecule has 0 radical (unpaired) electrons. The summed E-state index contributed by atoms with van der Waals surface area (Å²) in [5.74, 6) is -0.876. The molecule has 0 atom stereocenters. The molecule has 0 unspecified atom stereocenters. The van der Waals surface area contributed by atoms with E-state index in [2.05, 4.69) is 10.6 Å². The Morgan fingerprint density at radius 2 is 1.80 bits per heavy atom. The first kappa shape index (κ1) is 23.7. The van der Waals surface area contributed by atoms with Crippen LogP contribution in [0.25, 0.3) is 0 Å². The molecule has 9 heteroatoms. The van der Waals surface area contributed by atoms with E-state index in [0.717, 1.165) is 23.4 Å². The molecule has 0 bridgehead atoms. The summed E-state index contributed by atoms with van der Waals surface area (Å²) in [5.41, 5.74) is 1.50. The Hall–Kier alpha value is -2.58. The highest BCUT2D eigenvalue weighted by atomic mass is 35.5. The van der Waals surface area contributed by atoms with E-state index in [9.17, 15) is 18.0 Å². The molecule has 0 saturated carbocycles. The standard InChI is InChI=1S/C21H26ClN3O4S/c1-4-5-13-23-21(27)16-9-6-7-11-18(16)24-20(26)14-25(30(3,28)29)19-12-8-10-17(22)15(19)2/h6-12H,4-5,13-14H2,1-3H3,(H,23,27)(H,24,26). The molecule has 2 N–H and O–H groups in total. The van der Waals surface area contributed by atoms with Gasteiger partial charge in [0.25, 0.3) is 5.91 Å². The van der Waals surface area contributed by atoms with E-state index in [1.165, 1.54) is 0 Å². The lowest BCUT2D eigenvalue weighted by Gasteiger charge is -2.24. The third-order valence-electron chi connectivity index (χ3n) is 4.46. The number of carbonyl (C=O) groups excluding carboxylic acids is 2. The Balaban J connectivity index is 2.23. The third-order valence-corrected chi connectivity index (χ3v) is 5.99. The van der Waals surface area contributed by atoms with E-state index in [1.807, 2.05) is 6.92 Å². The molecule has 0 heterocycles. The Kier molecular flexibility index (Phi) is 8.25. The topological polar surface area (TPSA) is 95.6 Å². The summed E-state index contributed by atoms with van der Waals surface area (Å²) in [6.45, 7) is 3.79. The first-order valence-corrected chi connectivity index (χ1v) is 11.8. The monoisotopic (exact) mass is 451 g/mol. The normalized spacial score (nSPS) is 11.1. The van der Waals surface area contributed by atoms with Crippen molar-refractivity contribution in [3.05, 3.63) is 58.6 Å². The summed E-state index contributed by atoms with van der Waals surface area (Å²) in [6, 6.07) is 11.4. The Morgan fingerprint density at radius 1 is 1.10 bits per heavy atom. The van der Waals surface area contributed by atoms with Gasteiger partial charge >= 0.3 is 0 Å². The van der Waals surface area contributed by atoms with Crippen LogP contribution in [0.1, 0.15) is 35.7 Å². The van der Waals surface area contributed by atoms with Crippen molar-refractivity contribution < 1.29 is 18.0 Å². The van der Waals surface area contributed by atoms with Gasteiger partial charge in [-0.25, -0.2) is 8.42 Å². The van der Waals surface area contributed by atoms with Crippen LogP contribution in [0.2, 0.25) is 5.02 Å². The minimum Gasteiger partial charge on any atom is -0.352 e. The average Bonchev–Trinajstić information content (AvgIpc) is 2.68. The molecule has 0 aliphatic carbocycles. The van der Waals surface area contributed by atoms with Crippen molar-refractivity contribution in [1.29, 1.82) is 0 Å². The van der Waals surface area contributed by atoms with Crippen LogP contribution in [0.15, 0.2) is 42.5 Å². The second kappa shape index (κ2) is 10.4. The van der Waals surface area contributed by atoms with E-state index in [4.69, 9.17) is 11.6 Å². The highest BCUT2D eigenvalue weighted by molar-refractivity contribution is 7.92. The SMILES string of the molecule is CCCCNC(=O)c1ccccc1NC(=O)CN(c1cccc(Cl)c1C)S(C)(=O)=O. The number of hydrogen-bond acceptors (Lipinski definition) is 4. The van der Waals surface area contributed by atoms with Crippen LogP contribution in [-0.2, 0) is 14.8 Å². The fraction of sp³-hybridized carbons (Fsp3) is 0.333. The van der Waals surface area contributed by atoms with E-state index in [-0.39, 0.29) is 5.91 Å². The van der Waals surface area contributed by atoms with Gasteiger partial charge in [-0.05, 0) is 43.2 Å². The highest BCUT2D eigenvalue weighted by Gasteiger charge is 2.24. The van der Waals surface area contributed by atoms with E-state index >= 15 is 0 Å². The van der Waals surface area contributed by atoms with Crippen LogP contribution in [0.3, 0.4) is 0 Å². The molecule has 2 aromatic carbocycles. The predicted molar refractivity (Wildman–Crippen MR) is 121 cm³/mol. The molecule has 0 aliphatic rings. The molecule has 2 amide bonds. The zero-order valence-electron chi connectivity index (χ0n) is 17.2. The Bertz CT molecular complexity index is 1020. The molecular formula is C21H26ClN3O4S. The van der Waals surface area contributed by atoms with Gasteiger partial charge in [0.15, 0.2) is 0 Å². The van der Waals surface area contributed by atoms with Crippen LogP contribution < -0.4 is 14.9 Å². The number of carbonyl (C=O) groups is 2. The molecular weight excluding hydrogens is 426 g/mol. The number of sulfonamides is 1. The first-order chi connectivity index (χ1) is 14.1. The molecule has 2 rings (SSSR count). The van der Waals surface area contributed by atoms with Gasteiger partial charge in [0.05, 0.1) is 23.2 Å². The summed E-state index contributed by atoms with van der Waals surface area (Å²) >= 11 is 6.12. The van der Waals surface area contributed by atoms with E-state index < -0.39 is 22.5 Å². The molecule has 7 nitrogen and oxygen atoms in total. The Labute approximate surface area is 182 Å². The van der Waals surface area contributed by atoms with Gasteiger partial charge in [-0.3, -0.25) is 13.9 Å². The molecule has 30 heavy (non-hydrogen) atoms. The van der Waals surface area contributed by atoms with Gasteiger partial charge in [0.1, 0.15) is 6.54 Å².